The van der Waals surface area contributed by atoms with Crippen LogP contribution in [0.4, 0.5) is 0 Å². The number of hydrogen-bond donors (Lipinski definition) is 1. The van der Waals surface area contributed by atoms with Gasteiger partial charge in [0.05, 0.1) is 4.90 Å². The molecule has 0 saturated heterocycles. The Kier molecular flexibility index (Phi) is 3.94. The van der Waals surface area contributed by atoms with Gasteiger partial charge in [-0.1, -0.05) is 42.0 Å². The van der Waals surface area contributed by atoms with Gasteiger partial charge in [-0.05, 0) is 53.4 Å². The summed E-state index contributed by atoms with van der Waals surface area (Å²) >= 11 is 0. The van der Waals surface area contributed by atoms with Crippen molar-refractivity contribution >= 4 is 10.0 Å². The molecule has 3 aromatic rings. The molecule has 26 heavy (non-hydrogen) atoms. The molecule has 132 valence electrons. The lowest BCUT2D eigenvalue weighted by molar-refractivity contribution is 0.174. The standard InChI is InChI=1S/C20H17NO4S/c1-13-2-4-14(5-3-13)17-10-19-20(25-12-24-19)11-18(17)15-6-8-16(9-7-15)26(21,22)23/h2-11H,12H2,1H3,(H2,21,22,23). The van der Waals surface area contributed by atoms with Crippen molar-refractivity contribution in [2.24, 2.45) is 5.14 Å². The van der Waals surface area contributed by atoms with Gasteiger partial charge in [0.2, 0.25) is 16.8 Å². The molecule has 0 atom stereocenters. The van der Waals surface area contributed by atoms with Crippen LogP contribution in [-0.2, 0) is 10.0 Å². The SMILES string of the molecule is Cc1ccc(-c2cc3c(cc2-c2ccc(S(N)(=O)=O)cc2)OCO3)cc1. The fourth-order valence-corrected chi connectivity index (χ4v) is 3.49. The highest BCUT2D eigenvalue weighted by molar-refractivity contribution is 7.89. The first kappa shape index (κ1) is 16.6. The molecule has 6 heteroatoms. The lowest BCUT2D eigenvalue weighted by atomic mass is 9.93. The largest absolute Gasteiger partial charge is 0.454 e. The summed E-state index contributed by atoms with van der Waals surface area (Å²) in [6.07, 6.45) is 0. The second-order valence-corrected chi connectivity index (χ2v) is 7.75. The first-order valence-electron chi connectivity index (χ1n) is 8.06. The van der Waals surface area contributed by atoms with Gasteiger partial charge in [-0.25, -0.2) is 13.6 Å². The van der Waals surface area contributed by atoms with Gasteiger partial charge in [0.1, 0.15) is 0 Å². The average molecular weight is 367 g/mol. The molecule has 0 unspecified atom stereocenters. The molecule has 1 heterocycles. The molecule has 0 bridgehead atoms. The summed E-state index contributed by atoms with van der Waals surface area (Å²) < 4.78 is 34.0. The van der Waals surface area contributed by atoms with Gasteiger partial charge in [0, 0.05) is 0 Å². The Balaban J connectivity index is 1.88. The molecular formula is C20H17NO4S. The normalized spacial score (nSPS) is 13.0. The van der Waals surface area contributed by atoms with Crippen LogP contribution in [0.1, 0.15) is 5.56 Å². The summed E-state index contributed by atoms with van der Waals surface area (Å²) in [5.41, 5.74) is 5.00. The summed E-state index contributed by atoms with van der Waals surface area (Å²) in [7, 11) is -3.72. The zero-order valence-electron chi connectivity index (χ0n) is 14.1. The van der Waals surface area contributed by atoms with Crippen molar-refractivity contribution in [2.75, 3.05) is 6.79 Å². The number of aryl methyl sites for hydroxylation is 1. The third-order valence-corrected chi connectivity index (χ3v) is 5.30. The summed E-state index contributed by atoms with van der Waals surface area (Å²) in [4.78, 5) is 0.0823. The number of sulfonamides is 1. The average Bonchev–Trinajstić information content (AvgIpc) is 3.08. The van der Waals surface area contributed by atoms with Crippen LogP contribution in [0.25, 0.3) is 22.3 Å². The first-order valence-corrected chi connectivity index (χ1v) is 9.60. The van der Waals surface area contributed by atoms with E-state index in [2.05, 4.69) is 12.1 Å². The zero-order chi connectivity index (χ0) is 18.3. The Morgan fingerprint density at radius 2 is 1.27 bits per heavy atom. The predicted molar refractivity (Wildman–Crippen MR) is 99.5 cm³/mol. The van der Waals surface area contributed by atoms with Crippen molar-refractivity contribution in [1.29, 1.82) is 0 Å². The molecule has 0 radical (unpaired) electrons. The molecule has 5 nitrogen and oxygen atoms in total. The number of nitrogens with two attached hydrogens (primary N) is 1. The number of benzene rings is 3. The van der Waals surface area contributed by atoms with Crippen molar-refractivity contribution in [2.45, 2.75) is 11.8 Å². The van der Waals surface area contributed by atoms with E-state index < -0.39 is 10.0 Å². The number of rotatable bonds is 3. The summed E-state index contributed by atoms with van der Waals surface area (Å²) in [5.74, 6) is 1.37. The summed E-state index contributed by atoms with van der Waals surface area (Å²) in [6, 6.07) is 18.6. The minimum absolute atomic E-state index is 0.0823. The molecule has 0 saturated carbocycles. The quantitative estimate of drug-likeness (QED) is 0.765. The Morgan fingerprint density at radius 1 is 0.808 bits per heavy atom. The number of primary sulfonamides is 1. The van der Waals surface area contributed by atoms with Crippen LogP contribution in [-0.4, -0.2) is 15.2 Å². The predicted octanol–water partition coefficient (Wildman–Crippen LogP) is 3.71. The van der Waals surface area contributed by atoms with Gasteiger partial charge in [0.25, 0.3) is 0 Å². The Bertz CT molecular complexity index is 1070. The van der Waals surface area contributed by atoms with E-state index >= 15 is 0 Å². The van der Waals surface area contributed by atoms with Crippen LogP contribution < -0.4 is 14.6 Å². The van der Waals surface area contributed by atoms with Crippen LogP contribution >= 0.6 is 0 Å². The molecule has 4 rings (SSSR count). The molecule has 0 aromatic heterocycles. The van der Waals surface area contributed by atoms with Crippen molar-refractivity contribution in [3.63, 3.8) is 0 Å². The molecule has 3 aromatic carbocycles. The smallest absolute Gasteiger partial charge is 0.238 e. The van der Waals surface area contributed by atoms with E-state index in [1.165, 1.54) is 17.7 Å². The lowest BCUT2D eigenvalue weighted by Crippen LogP contribution is -2.11. The molecule has 0 fully saturated rings. The van der Waals surface area contributed by atoms with Crippen molar-refractivity contribution in [1.82, 2.24) is 0 Å². The van der Waals surface area contributed by atoms with E-state index in [-0.39, 0.29) is 11.7 Å². The Morgan fingerprint density at radius 3 is 1.73 bits per heavy atom. The molecule has 2 N–H and O–H groups in total. The minimum Gasteiger partial charge on any atom is -0.454 e. The first-order chi connectivity index (χ1) is 12.4. The maximum atomic E-state index is 11.5. The third-order valence-electron chi connectivity index (χ3n) is 4.37. The Hall–Kier alpha value is -2.83. The van der Waals surface area contributed by atoms with Crippen LogP contribution in [0.15, 0.2) is 65.6 Å². The second kappa shape index (κ2) is 6.16. The Labute approximate surface area is 152 Å². The van der Waals surface area contributed by atoms with Crippen molar-refractivity contribution in [3.05, 3.63) is 66.2 Å². The number of fused-ring (bicyclic) bond motifs is 1. The second-order valence-electron chi connectivity index (χ2n) is 6.19. The van der Waals surface area contributed by atoms with Gasteiger partial charge in [0.15, 0.2) is 11.5 Å². The van der Waals surface area contributed by atoms with Gasteiger partial charge in [-0.2, -0.15) is 0 Å². The highest BCUT2D eigenvalue weighted by Crippen LogP contribution is 2.43. The molecule has 0 spiro atoms. The van der Waals surface area contributed by atoms with Crippen molar-refractivity contribution in [3.8, 4) is 33.8 Å². The molecular weight excluding hydrogens is 350 g/mol. The van der Waals surface area contributed by atoms with E-state index in [0.29, 0.717) is 11.5 Å². The van der Waals surface area contributed by atoms with E-state index in [9.17, 15) is 8.42 Å². The molecule has 1 aliphatic heterocycles. The van der Waals surface area contributed by atoms with E-state index in [0.717, 1.165) is 22.3 Å². The number of hydrogen-bond acceptors (Lipinski definition) is 4. The fourth-order valence-electron chi connectivity index (χ4n) is 2.98. The summed E-state index contributed by atoms with van der Waals surface area (Å²) in [6.45, 7) is 2.23. The zero-order valence-corrected chi connectivity index (χ0v) is 14.9. The maximum Gasteiger partial charge on any atom is 0.238 e. The van der Waals surface area contributed by atoms with Gasteiger partial charge in [-0.3, -0.25) is 0 Å². The van der Waals surface area contributed by atoms with Crippen LogP contribution in [0, 0.1) is 6.92 Å². The van der Waals surface area contributed by atoms with Crippen LogP contribution in [0.3, 0.4) is 0 Å². The van der Waals surface area contributed by atoms with Gasteiger partial charge >= 0.3 is 0 Å². The van der Waals surface area contributed by atoms with E-state index in [4.69, 9.17) is 14.6 Å². The topological polar surface area (TPSA) is 78.6 Å². The minimum atomic E-state index is -3.72. The molecule has 1 aliphatic rings. The fraction of sp³-hybridized carbons (Fsp3) is 0.100. The van der Waals surface area contributed by atoms with Gasteiger partial charge in [-0.15, -0.1) is 0 Å². The third kappa shape index (κ3) is 3.05. The number of ether oxygens (including phenoxy) is 2. The highest BCUT2D eigenvalue weighted by Gasteiger charge is 2.19. The highest BCUT2D eigenvalue weighted by atomic mass is 32.2. The van der Waals surface area contributed by atoms with Gasteiger partial charge < -0.3 is 9.47 Å². The van der Waals surface area contributed by atoms with E-state index in [1.54, 1.807) is 12.1 Å². The lowest BCUT2D eigenvalue weighted by Gasteiger charge is -2.13. The van der Waals surface area contributed by atoms with E-state index in [1.807, 2.05) is 31.2 Å². The maximum absolute atomic E-state index is 11.5. The molecule has 0 amide bonds. The molecule has 0 aliphatic carbocycles. The summed E-state index contributed by atoms with van der Waals surface area (Å²) in [5, 5.41) is 5.19. The van der Waals surface area contributed by atoms with Crippen molar-refractivity contribution < 1.29 is 17.9 Å². The van der Waals surface area contributed by atoms with Crippen LogP contribution in [0.5, 0.6) is 11.5 Å². The monoisotopic (exact) mass is 367 g/mol. The van der Waals surface area contributed by atoms with Crippen LogP contribution in [0.2, 0.25) is 0 Å².